The van der Waals surface area contributed by atoms with E-state index in [1.807, 2.05) is 24.3 Å². The van der Waals surface area contributed by atoms with Crippen LogP contribution >= 0.6 is 0 Å². The summed E-state index contributed by atoms with van der Waals surface area (Å²) in [6.45, 7) is 5.68. The summed E-state index contributed by atoms with van der Waals surface area (Å²) in [4.78, 5) is 12.1. The summed E-state index contributed by atoms with van der Waals surface area (Å²) in [5.74, 6) is 1.81. The molecule has 3 N–H and O–H groups in total. The van der Waals surface area contributed by atoms with Gasteiger partial charge in [-0.15, -0.1) is 0 Å². The second kappa shape index (κ2) is 8.39. The number of benzene rings is 1. The van der Waals surface area contributed by atoms with E-state index < -0.39 is 0 Å². The number of nitrogens with two attached hydrogens (primary N) is 1. The molecule has 1 amide bonds. The molecule has 0 aliphatic heterocycles. The van der Waals surface area contributed by atoms with Gasteiger partial charge in [-0.05, 0) is 24.5 Å². The normalized spacial score (nSPS) is 10.8. The molecule has 5 nitrogen and oxygen atoms in total. The van der Waals surface area contributed by atoms with Crippen molar-refractivity contribution in [2.24, 2.45) is 11.7 Å². The average Bonchev–Trinajstić information content (AvgIpc) is 3.02. The number of hydrogen-bond donors (Lipinski definition) is 2. The molecule has 1 heterocycles. The van der Waals surface area contributed by atoms with Crippen LogP contribution in [-0.2, 0) is 13.1 Å². The second-order valence-electron chi connectivity index (χ2n) is 5.83. The standard InChI is InChI=1S/C18H24N2O3/c1-13(2)7-8-22-17-6-4-3-5-14(17)11-20-18(21)15-9-16(10-19)23-12-15/h3-6,9,12-13H,7-8,10-11,19H2,1-2H3,(H,20,21). The smallest absolute Gasteiger partial charge is 0.254 e. The van der Waals surface area contributed by atoms with Crippen LogP contribution < -0.4 is 15.8 Å². The zero-order chi connectivity index (χ0) is 16.7. The molecule has 0 aliphatic rings. The van der Waals surface area contributed by atoms with Crippen LogP contribution in [-0.4, -0.2) is 12.5 Å². The fourth-order valence-corrected chi connectivity index (χ4v) is 2.08. The van der Waals surface area contributed by atoms with Crippen molar-refractivity contribution in [3.8, 4) is 5.75 Å². The Morgan fingerprint density at radius 1 is 1.35 bits per heavy atom. The van der Waals surface area contributed by atoms with Crippen molar-refractivity contribution in [1.82, 2.24) is 5.32 Å². The predicted octanol–water partition coefficient (Wildman–Crippen LogP) is 3.09. The number of amides is 1. The monoisotopic (exact) mass is 316 g/mol. The largest absolute Gasteiger partial charge is 0.493 e. The van der Waals surface area contributed by atoms with Gasteiger partial charge >= 0.3 is 0 Å². The Labute approximate surface area is 136 Å². The highest BCUT2D eigenvalue weighted by Crippen LogP contribution is 2.19. The van der Waals surface area contributed by atoms with E-state index in [0.29, 0.717) is 30.4 Å². The van der Waals surface area contributed by atoms with Crippen LogP contribution in [0.25, 0.3) is 0 Å². The van der Waals surface area contributed by atoms with Crippen molar-refractivity contribution in [2.75, 3.05) is 6.61 Å². The fourth-order valence-electron chi connectivity index (χ4n) is 2.08. The van der Waals surface area contributed by atoms with Crippen LogP contribution in [0.2, 0.25) is 0 Å². The lowest BCUT2D eigenvalue weighted by Crippen LogP contribution is -2.22. The van der Waals surface area contributed by atoms with Crippen LogP contribution in [0.3, 0.4) is 0 Å². The molecule has 0 radical (unpaired) electrons. The number of rotatable bonds is 8. The van der Waals surface area contributed by atoms with Gasteiger partial charge in [-0.3, -0.25) is 4.79 Å². The van der Waals surface area contributed by atoms with Gasteiger partial charge in [0.1, 0.15) is 17.8 Å². The topological polar surface area (TPSA) is 77.5 Å². The van der Waals surface area contributed by atoms with Crippen molar-refractivity contribution >= 4 is 5.91 Å². The van der Waals surface area contributed by atoms with Crippen molar-refractivity contribution in [3.63, 3.8) is 0 Å². The Balaban J connectivity index is 1.93. The van der Waals surface area contributed by atoms with Gasteiger partial charge in [-0.1, -0.05) is 32.0 Å². The minimum Gasteiger partial charge on any atom is -0.493 e. The van der Waals surface area contributed by atoms with Crippen LogP contribution in [0.15, 0.2) is 41.0 Å². The quantitative estimate of drug-likeness (QED) is 0.784. The number of ether oxygens (including phenoxy) is 1. The maximum Gasteiger partial charge on any atom is 0.254 e. The molecule has 0 unspecified atom stereocenters. The van der Waals surface area contributed by atoms with Gasteiger partial charge in [0.15, 0.2) is 0 Å². The number of carbonyl (C=O) groups is 1. The molecule has 23 heavy (non-hydrogen) atoms. The molecular formula is C18H24N2O3. The van der Waals surface area contributed by atoms with E-state index in [1.54, 1.807) is 6.07 Å². The van der Waals surface area contributed by atoms with Gasteiger partial charge in [0.25, 0.3) is 5.91 Å². The van der Waals surface area contributed by atoms with Crippen molar-refractivity contribution in [3.05, 3.63) is 53.5 Å². The molecule has 0 bridgehead atoms. The van der Waals surface area contributed by atoms with E-state index in [9.17, 15) is 4.79 Å². The number of carbonyl (C=O) groups excluding carboxylic acids is 1. The number of nitrogens with one attached hydrogen (secondary N) is 1. The summed E-state index contributed by atoms with van der Waals surface area (Å²) < 4.78 is 11.0. The number of furan rings is 1. The minimum atomic E-state index is -0.189. The van der Waals surface area contributed by atoms with Gasteiger partial charge in [-0.2, -0.15) is 0 Å². The molecule has 0 fully saturated rings. The van der Waals surface area contributed by atoms with Crippen LogP contribution in [0.1, 0.15) is 41.9 Å². The lowest BCUT2D eigenvalue weighted by Gasteiger charge is -2.13. The molecule has 0 aliphatic carbocycles. The third-order valence-electron chi connectivity index (χ3n) is 3.48. The zero-order valence-electron chi connectivity index (χ0n) is 13.7. The third kappa shape index (κ3) is 5.14. The molecule has 0 saturated heterocycles. The molecule has 0 saturated carbocycles. The van der Waals surface area contributed by atoms with Gasteiger partial charge < -0.3 is 20.2 Å². The summed E-state index contributed by atoms with van der Waals surface area (Å²) in [5.41, 5.74) is 6.90. The third-order valence-corrected chi connectivity index (χ3v) is 3.48. The molecule has 1 aromatic heterocycles. The molecule has 2 aromatic rings. The van der Waals surface area contributed by atoms with Crippen LogP contribution in [0.4, 0.5) is 0 Å². The van der Waals surface area contributed by atoms with Gasteiger partial charge in [-0.25, -0.2) is 0 Å². The lowest BCUT2D eigenvalue weighted by atomic mass is 10.1. The first-order valence-electron chi connectivity index (χ1n) is 7.86. The van der Waals surface area contributed by atoms with E-state index in [1.165, 1.54) is 6.26 Å². The molecule has 1 aromatic carbocycles. The van der Waals surface area contributed by atoms with E-state index in [-0.39, 0.29) is 12.5 Å². The van der Waals surface area contributed by atoms with E-state index in [4.69, 9.17) is 14.9 Å². The van der Waals surface area contributed by atoms with Crippen molar-refractivity contribution in [1.29, 1.82) is 0 Å². The second-order valence-corrected chi connectivity index (χ2v) is 5.83. The van der Waals surface area contributed by atoms with Crippen molar-refractivity contribution in [2.45, 2.75) is 33.4 Å². The van der Waals surface area contributed by atoms with Crippen LogP contribution in [0.5, 0.6) is 5.75 Å². The Bertz CT molecular complexity index is 635. The molecular weight excluding hydrogens is 292 g/mol. The van der Waals surface area contributed by atoms with E-state index >= 15 is 0 Å². The fraction of sp³-hybridized carbons (Fsp3) is 0.389. The molecule has 2 rings (SSSR count). The van der Waals surface area contributed by atoms with Gasteiger partial charge in [0.05, 0.1) is 18.7 Å². The Morgan fingerprint density at radius 3 is 2.83 bits per heavy atom. The number of para-hydroxylation sites is 1. The maximum atomic E-state index is 12.1. The summed E-state index contributed by atoms with van der Waals surface area (Å²) >= 11 is 0. The SMILES string of the molecule is CC(C)CCOc1ccccc1CNC(=O)c1coc(CN)c1. The summed E-state index contributed by atoms with van der Waals surface area (Å²) in [6, 6.07) is 9.39. The molecule has 0 atom stereocenters. The predicted molar refractivity (Wildman–Crippen MR) is 89.2 cm³/mol. The van der Waals surface area contributed by atoms with E-state index in [2.05, 4.69) is 19.2 Å². The highest BCUT2D eigenvalue weighted by atomic mass is 16.5. The lowest BCUT2D eigenvalue weighted by molar-refractivity contribution is 0.0950. The molecule has 5 heteroatoms. The maximum absolute atomic E-state index is 12.1. The Kier molecular flexibility index (Phi) is 6.23. The average molecular weight is 316 g/mol. The first-order chi connectivity index (χ1) is 11.1. The first-order valence-corrected chi connectivity index (χ1v) is 7.86. The van der Waals surface area contributed by atoms with Crippen LogP contribution in [0, 0.1) is 5.92 Å². The summed E-state index contributed by atoms with van der Waals surface area (Å²) in [5, 5.41) is 2.87. The minimum absolute atomic E-state index is 0.189. The van der Waals surface area contributed by atoms with Crippen molar-refractivity contribution < 1.29 is 13.9 Å². The van der Waals surface area contributed by atoms with E-state index in [0.717, 1.165) is 17.7 Å². The van der Waals surface area contributed by atoms with Gasteiger partial charge in [0, 0.05) is 12.1 Å². The summed E-state index contributed by atoms with van der Waals surface area (Å²) in [6.07, 6.45) is 2.42. The zero-order valence-corrected chi connectivity index (χ0v) is 13.7. The van der Waals surface area contributed by atoms with Gasteiger partial charge in [0.2, 0.25) is 0 Å². The molecule has 124 valence electrons. The summed E-state index contributed by atoms with van der Waals surface area (Å²) in [7, 11) is 0. The Hall–Kier alpha value is -2.27. The number of hydrogen-bond acceptors (Lipinski definition) is 4. The highest BCUT2D eigenvalue weighted by Gasteiger charge is 2.11. The Morgan fingerprint density at radius 2 is 2.13 bits per heavy atom. The first kappa shape index (κ1) is 17.1. The highest BCUT2D eigenvalue weighted by molar-refractivity contribution is 5.93. The molecule has 0 spiro atoms.